The van der Waals surface area contributed by atoms with Gasteiger partial charge in [-0.25, -0.2) is 0 Å². The van der Waals surface area contributed by atoms with Crippen molar-refractivity contribution >= 4 is 0 Å². The van der Waals surface area contributed by atoms with E-state index in [-0.39, 0.29) is 18.1 Å². The van der Waals surface area contributed by atoms with Gasteiger partial charge >= 0.3 is 0 Å². The zero-order valence-electron chi connectivity index (χ0n) is 10.2. The van der Waals surface area contributed by atoms with E-state index in [4.69, 9.17) is 14.2 Å². The second-order valence-electron chi connectivity index (χ2n) is 4.14. The summed E-state index contributed by atoms with van der Waals surface area (Å²) in [5.74, 6) is 0.563. The number of phenolic OH excluding ortho intramolecular Hbond substituents is 1. The topological polar surface area (TPSA) is 47.9 Å². The maximum Gasteiger partial charge on any atom is 0.184 e. The van der Waals surface area contributed by atoms with Gasteiger partial charge in [0.15, 0.2) is 17.8 Å². The van der Waals surface area contributed by atoms with E-state index in [0.717, 1.165) is 18.4 Å². The molecule has 1 N–H and O–H groups in total. The normalized spacial score (nSPS) is 23.9. The van der Waals surface area contributed by atoms with E-state index in [1.165, 1.54) is 7.11 Å². The Labute approximate surface area is 101 Å². The molecule has 0 radical (unpaired) electrons. The molecule has 0 spiro atoms. The number of rotatable bonds is 4. The molecule has 0 aliphatic carbocycles. The fraction of sp³-hybridized carbons (Fsp3) is 0.538. The van der Waals surface area contributed by atoms with E-state index in [2.05, 4.69) is 6.92 Å². The number of hydrogen-bond acceptors (Lipinski definition) is 4. The molecular weight excluding hydrogens is 220 g/mol. The van der Waals surface area contributed by atoms with Crippen molar-refractivity contribution in [2.45, 2.75) is 32.2 Å². The zero-order chi connectivity index (χ0) is 12.3. The fourth-order valence-electron chi connectivity index (χ4n) is 1.94. The second-order valence-corrected chi connectivity index (χ2v) is 4.14. The number of hydrogen-bond donors (Lipinski definition) is 1. The summed E-state index contributed by atoms with van der Waals surface area (Å²) in [6.45, 7) is 2.75. The average Bonchev–Trinajstić information content (AvgIpc) is 2.79. The van der Waals surface area contributed by atoms with Gasteiger partial charge in [-0.05, 0) is 18.6 Å². The molecule has 1 aliphatic heterocycles. The molecule has 0 saturated carbocycles. The van der Waals surface area contributed by atoms with Gasteiger partial charge < -0.3 is 19.3 Å². The van der Waals surface area contributed by atoms with Gasteiger partial charge in [0.05, 0.1) is 19.8 Å². The lowest BCUT2D eigenvalue weighted by molar-refractivity contribution is -0.0612. The van der Waals surface area contributed by atoms with Gasteiger partial charge in [0.2, 0.25) is 0 Å². The Morgan fingerprint density at radius 2 is 2.29 bits per heavy atom. The highest BCUT2D eigenvalue weighted by Gasteiger charge is 2.27. The molecule has 17 heavy (non-hydrogen) atoms. The Morgan fingerprint density at radius 1 is 1.47 bits per heavy atom. The van der Waals surface area contributed by atoms with Crippen molar-refractivity contribution in [1.29, 1.82) is 0 Å². The van der Waals surface area contributed by atoms with Gasteiger partial charge in [0, 0.05) is 5.56 Å². The van der Waals surface area contributed by atoms with E-state index < -0.39 is 0 Å². The smallest absolute Gasteiger partial charge is 0.184 e. The highest BCUT2D eigenvalue weighted by atomic mass is 16.7. The minimum atomic E-state index is -0.346. The van der Waals surface area contributed by atoms with Crippen LogP contribution in [0, 0.1) is 0 Å². The molecule has 2 unspecified atom stereocenters. The van der Waals surface area contributed by atoms with Crippen molar-refractivity contribution in [3.8, 4) is 11.5 Å². The summed E-state index contributed by atoms with van der Waals surface area (Å²) in [7, 11) is 1.52. The van der Waals surface area contributed by atoms with Crippen LogP contribution < -0.4 is 4.74 Å². The number of aromatic hydroxyl groups is 1. The van der Waals surface area contributed by atoms with Gasteiger partial charge in [-0.3, -0.25) is 0 Å². The predicted octanol–water partition coefficient (Wildman–Crippen LogP) is 2.61. The lowest BCUT2D eigenvalue weighted by Crippen LogP contribution is -2.08. The lowest BCUT2D eigenvalue weighted by Gasteiger charge is -2.13. The molecular formula is C13H18O4. The van der Waals surface area contributed by atoms with Gasteiger partial charge in [0.25, 0.3) is 0 Å². The third kappa shape index (κ3) is 2.70. The summed E-state index contributed by atoms with van der Waals surface area (Å²) >= 11 is 0. The first kappa shape index (κ1) is 12.2. The summed E-state index contributed by atoms with van der Waals surface area (Å²) in [6, 6.07) is 5.12. The molecule has 1 aromatic rings. The summed E-state index contributed by atoms with van der Waals surface area (Å²) in [5, 5.41) is 9.51. The predicted molar refractivity (Wildman–Crippen MR) is 63.1 cm³/mol. The monoisotopic (exact) mass is 238 g/mol. The van der Waals surface area contributed by atoms with E-state index in [1.54, 1.807) is 18.2 Å². The molecule has 0 aromatic heterocycles. The van der Waals surface area contributed by atoms with Crippen molar-refractivity contribution in [3.05, 3.63) is 23.8 Å². The van der Waals surface area contributed by atoms with Crippen molar-refractivity contribution in [2.75, 3.05) is 13.7 Å². The largest absolute Gasteiger partial charge is 0.504 e. The summed E-state index contributed by atoms with van der Waals surface area (Å²) in [5.41, 5.74) is 0.873. The van der Waals surface area contributed by atoms with E-state index in [0.29, 0.717) is 12.4 Å². The first-order valence-electron chi connectivity index (χ1n) is 5.88. The summed E-state index contributed by atoms with van der Waals surface area (Å²) in [4.78, 5) is 0. The van der Waals surface area contributed by atoms with Crippen LogP contribution in [0.1, 0.15) is 31.6 Å². The quantitative estimate of drug-likeness (QED) is 0.876. The van der Waals surface area contributed by atoms with Crippen LogP contribution in [0.2, 0.25) is 0 Å². The van der Waals surface area contributed by atoms with Gasteiger partial charge in [-0.2, -0.15) is 0 Å². The Kier molecular flexibility index (Phi) is 3.86. The van der Waals surface area contributed by atoms with Crippen LogP contribution in [-0.2, 0) is 9.47 Å². The highest BCUT2D eigenvalue weighted by Crippen LogP contribution is 2.34. The molecule has 1 heterocycles. The molecule has 1 aromatic carbocycles. The van der Waals surface area contributed by atoms with Crippen molar-refractivity contribution in [3.63, 3.8) is 0 Å². The third-order valence-electron chi connectivity index (χ3n) is 2.84. The lowest BCUT2D eigenvalue weighted by atomic mass is 10.2. The molecule has 1 aliphatic rings. The van der Waals surface area contributed by atoms with Gasteiger partial charge in [0.1, 0.15) is 0 Å². The van der Waals surface area contributed by atoms with E-state index in [9.17, 15) is 5.11 Å². The number of ether oxygens (including phenoxy) is 3. The fourth-order valence-corrected chi connectivity index (χ4v) is 1.94. The SMILES string of the molecule is CCCC1COC(c2ccc(O)c(OC)c2)O1. The molecule has 2 atom stereocenters. The van der Waals surface area contributed by atoms with E-state index in [1.807, 2.05) is 0 Å². The van der Waals surface area contributed by atoms with Crippen molar-refractivity contribution < 1.29 is 19.3 Å². The highest BCUT2D eigenvalue weighted by molar-refractivity contribution is 5.42. The van der Waals surface area contributed by atoms with E-state index >= 15 is 0 Å². The number of methoxy groups -OCH3 is 1. The first-order chi connectivity index (χ1) is 8.24. The third-order valence-corrected chi connectivity index (χ3v) is 2.84. The number of benzene rings is 1. The Hall–Kier alpha value is -1.26. The van der Waals surface area contributed by atoms with Crippen LogP contribution in [0.25, 0.3) is 0 Å². The first-order valence-corrected chi connectivity index (χ1v) is 5.88. The standard InChI is InChI=1S/C13H18O4/c1-3-4-10-8-16-13(17-10)9-5-6-11(14)12(7-9)15-2/h5-7,10,13-14H,3-4,8H2,1-2H3. The van der Waals surface area contributed by atoms with Crippen molar-refractivity contribution in [2.24, 2.45) is 0 Å². The molecule has 0 bridgehead atoms. The Morgan fingerprint density at radius 3 is 3.00 bits per heavy atom. The van der Waals surface area contributed by atoms with Crippen LogP contribution >= 0.6 is 0 Å². The summed E-state index contributed by atoms with van der Waals surface area (Å²) in [6.07, 6.45) is 1.91. The molecule has 2 rings (SSSR count). The molecule has 1 fully saturated rings. The number of phenols is 1. The molecule has 4 heteroatoms. The van der Waals surface area contributed by atoms with Gasteiger partial charge in [-0.1, -0.05) is 19.4 Å². The van der Waals surface area contributed by atoms with Crippen molar-refractivity contribution in [1.82, 2.24) is 0 Å². The zero-order valence-corrected chi connectivity index (χ0v) is 10.2. The minimum Gasteiger partial charge on any atom is -0.504 e. The molecule has 94 valence electrons. The van der Waals surface area contributed by atoms with Crippen LogP contribution in [0.3, 0.4) is 0 Å². The molecule has 4 nitrogen and oxygen atoms in total. The maximum absolute atomic E-state index is 9.51. The average molecular weight is 238 g/mol. The Bertz CT molecular complexity index is 378. The van der Waals surface area contributed by atoms with Gasteiger partial charge in [-0.15, -0.1) is 0 Å². The molecule has 1 saturated heterocycles. The van der Waals surface area contributed by atoms with Crippen LogP contribution in [0.15, 0.2) is 18.2 Å². The van der Waals surface area contributed by atoms with Crippen LogP contribution in [0.4, 0.5) is 0 Å². The van der Waals surface area contributed by atoms with Crippen LogP contribution in [0.5, 0.6) is 11.5 Å². The molecule has 0 amide bonds. The second kappa shape index (κ2) is 5.38. The summed E-state index contributed by atoms with van der Waals surface area (Å²) < 4.78 is 16.4. The maximum atomic E-state index is 9.51. The Balaban J connectivity index is 2.08. The van der Waals surface area contributed by atoms with Crippen LogP contribution in [-0.4, -0.2) is 24.9 Å². The minimum absolute atomic E-state index is 0.124.